The third-order valence-corrected chi connectivity index (χ3v) is 9.28. The number of aliphatic hydroxyl groups excluding tert-OH is 2. The number of hydrogen-bond acceptors (Lipinski definition) is 3. The van der Waals surface area contributed by atoms with E-state index in [1.807, 2.05) is 0 Å². The molecule has 0 bridgehead atoms. The molecule has 2 unspecified atom stereocenters. The molecule has 0 rings (SSSR count). The van der Waals surface area contributed by atoms with E-state index >= 15 is 0 Å². The monoisotopic (exact) mass is 622 g/mol. The Kier molecular flexibility index (Phi) is 35.9. The number of hydrogen-bond donors (Lipinski definition) is 3. The van der Waals surface area contributed by atoms with Crippen molar-refractivity contribution in [1.29, 1.82) is 0 Å². The standard InChI is InChI=1S/C40H79NO3/c1-3-5-7-9-11-13-14-15-16-17-18-19-20-21-22-23-24-25-26-28-30-32-34-36-40(44)41-38(37-42)39(43)35-33-31-29-27-12-10-8-6-4-2/h21-22,38-39,42-43H,3-20,23-37H2,1-2H3,(H,41,44)/b22-21-. The number of amides is 1. The molecule has 0 aromatic heterocycles. The Labute approximate surface area is 276 Å². The predicted molar refractivity (Wildman–Crippen MR) is 193 cm³/mol. The number of rotatable bonds is 36. The summed E-state index contributed by atoms with van der Waals surface area (Å²) in [5.41, 5.74) is 0. The zero-order chi connectivity index (χ0) is 32.2. The van der Waals surface area contributed by atoms with E-state index in [1.54, 1.807) is 0 Å². The number of nitrogens with one attached hydrogen (secondary N) is 1. The van der Waals surface area contributed by atoms with Gasteiger partial charge in [-0.25, -0.2) is 0 Å². The Morgan fingerprint density at radius 2 is 0.864 bits per heavy atom. The Hall–Kier alpha value is -0.870. The molecule has 2 atom stereocenters. The second-order valence-corrected chi connectivity index (χ2v) is 13.7. The van der Waals surface area contributed by atoms with Crippen LogP contribution in [0.1, 0.15) is 219 Å². The second kappa shape index (κ2) is 36.6. The molecule has 0 aromatic rings. The van der Waals surface area contributed by atoms with Crippen molar-refractivity contribution in [3.05, 3.63) is 12.2 Å². The smallest absolute Gasteiger partial charge is 0.220 e. The lowest BCUT2D eigenvalue weighted by Crippen LogP contribution is -2.45. The van der Waals surface area contributed by atoms with Gasteiger partial charge in [0, 0.05) is 6.42 Å². The molecule has 4 heteroatoms. The first-order chi connectivity index (χ1) is 21.7. The highest BCUT2D eigenvalue weighted by atomic mass is 16.3. The maximum atomic E-state index is 12.3. The first kappa shape index (κ1) is 43.1. The van der Waals surface area contributed by atoms with Crippen molar-refractivity contribution in [1.82, 2.24) is 5.32 Å². The van der Waals surface area contributed by atoms with E-state index in [1.165, 1.54) is 167 Å². The molecular weight excluding hydrogens is 542 g/mol. The molecule has 0 aliphatic heterocycles. The predicted octanol–water partition coefficient (Wildman–Crippen LogP) is 11.9. The lowest BCUT2D eigenvalue weighted by Gasteiger charge is -2.22. The summed E-state index contributed by atoms with van der Waals surface area (Å²) in [6.07, 6.45) is 44.3. The topological polar surface area (TPSA) is 69.6 Å². The van der Waals surface area contributed by atoms with Crippen LogP contribution in [0.15, 0.2) is 12.2 Å². The van der Waals surface area contributed by atoms with E-state index in [9.17, 15) is 15.0 Å². The van der Waals surface area contributed by atoms with Gasteiger partial charge in [0.15, 0.2) is 0 Å². The second-order valence-electron chi connectivity index (χ2n) is 13.7. The first-order valence-corrected chi connectivity index (χ1v) is 19.9. The highest BCUT2D eigenvalue weighted by Crippen LogP contribution is 2.15. The molecule has 4 nitrogen and oxygen atoms in total. The maximum absolute atomic E-state index is 12.3. The van der Waals surface area contributed by atoms with Crippen molar-refractivity contribution >= 4 is 5.91 Å². The van der Waals surface area contributed by atoms with E-state index in [0.29, 0.717) is 12.8 Å². The molecular formula is C40H79NO3. The highest BCUT2D eigenvalue weighted by Gasteiger charge is 2.19. The number of carbonyl (C=O) groups is 1. The van der Waals surface area contributed by atoms with Gasteiger partial charge in [0.1, 0.15) is 0 Å². The fourth-order valence-electron chi connectivity index (χ4n) is 6.18. The normalized spacial score (nSPS) is 13.1. The van der Waals surface area contributed by atoms with Crippen molar-refractivity contribution in [2.24, 2.45) is 0 Å². The Morgan fingerprint density at radius 1 is 0.523 bits per heavy atom. The molecule has 0 aliphatic carbocycles. The molecule has 0 aromatic carbocycles. The SMILES string of the molecule is CCCCCCCCCCCCCC/C=C\CCCCCCCCCC(=O)NC(CO)C(O)CCCCCCCCCCC. The van der Waals surface area contributed by atoms with Crippen LogP contribution in [0.3, 0.4) is 0 Å². The molecule has 0 saturated heterocycles. The lowest BCUT2D eigenvalue weighted by molar-refractivity contribution is -0.123. The van der Waals surface area contributed by atoms with Gasteiger partial charge in [-0.2, -0.15) is 0 Å². The summed E-state index contributed by atoms with van der Waals surface area (Å²) >= 11 is 0. The minimum absolute atomic E-state index is 0.0366. The van der Waals surface area contributed by atoms with Crippen molar-refractivity contribution in [3.63, 3.8) is 0 Å². The van der Waals surface area contributed by atoms with Gasteiger partial charge in [-0.1, -0.05) is 187 Å². The number of carbonyl (C=O) groups excluding carboxylic acids is 1. The van der Waals surface area contributed by atoms with Crippen LogP contribution in [0.25, 0.3) is 0 Å². The Morgan fingerprint density at radius 3 is 1.25 bits per heavy atom. The van der Waals surface area contributed by atoms with Crippen LogP contribution in [-0.4, -0.2) is 34.9 Å². The zero-order valence-corrected chi connectivity index (χ0v) is 29.9. The number of allylic oxidation sites excluding steroid dienone is 2. The van der Waals surface area contributed by atoms with Gasteiger partial charge in [-0.3, -0.25) is 4.79 Å². The van der Waals surface area contributed by atoms with Crippen molar-refractivity contribution in [2.45, 2.75) is 231 Å². The number of aliphatic hydroxyl groups is 2. The summed E-state index contributed by atoms with van der Waals surface area (Å²) in [4.78, 5) is 12.3. The van der Waals surface area contributed by atoms with E-state index < -0.39 is 12.1 Å². The maximum Gasteiger partial charge on any atom is 0.220 e. The third-order valence-electron chi connectivity index (χ3n) is 9.28. The molecule has 0 heterocycles. The number of unbranched alkanes of at least 4 members (excludes halogenated alkanes) is 27. The van der Waals surface area contributed by atoms with Crippen molar-refractivity contribution < 1.29 is 15.0 Å². The van der Waals surface area contributed by atoms with Gasteiger partial charge in [-0.05, 0) is 38.5 Å². The molecule has 0 fully saturated rings. The molecule has 44 heavy (non-hydrogen) atoms. The van der Waals surface area contributed by atoms with Crippen LogP contribution < -0.4 is 5.32 Å². The van der Waals surface area contributed by atoms with Crippen LogP contribution in [0.4, 0.5) is 0 Å². The first-order valence-electron chi connectivity index (χ1n) is 19.9. The van der Waals surface area contributed by atoms with Gasteiger partial charge in [0.2, 0.25) is 5.91 Å². The summed E-state index contributed by atoms with van der Waals surface area (Å²) in [5, 5.41) is 23.0. The van der Waals surface area contributed by atoms with Gasteiger partial charge < -0.3 is 15.5 Å². The van der Waals surface area contributed by atoms with E-state index in [-0.39, 0.29) is 12.5 Å². The molecule has 262 valence electrons. The quantitative estimate of drug-likeness (QED) is 0.0481. The summed E-state index contributed by atoms with van der Waals surface area (Å²) in [7, 11) is 0. The van der Waals surface area contributed by atoms with Crippen LogP contribution in [-0.2, 0) is 4.79 Å². The molecule has 1 amide bonds. The summed E-state index contributed by atoms with van der Waals surface area (Å²) in [6.45, 7) is 4.34. The van der Waals surface area contributed by atoms with Crippen molar-refractivity contribution in [2.75, 3.05) is 6.61 Å². The average molecular weight is 622 g/mol. The third kappa shape index (κ3) is 32.5. The van der Waals surface area contributed by atoms with Gasteiger partial charge in [0.25, 0.3) is 0 Å². The lowest BCUT2D eigenvalue weighted by atomic mass is 10.0. The van der Waals surface area contributed by atoms with Crippen LogP contribution in [0, 0.1) is 0 Å². The van der Waals surface area contributed by atoms with Crippen LogP contribution in [0.5, 0.6) is 0 Å². The van der Waals surface area contributed by atoms with Gasteiger partial charge in [0.05, 0.1) is 18.8 Å². The minimum atomic E-state index is -0.655. The molecule has 0 radical (unpaired) electrons. The summed E-state index contributed by atoms with van der Waals surface area (Å²) in [5.74, 6) is -0.0366. The molecule has 0 aliphatic rings. The molecule has 0 spiro atoms. The Balaban J connectivity index is 3.47. The van der Waals surface area contributed by atoms with Crippen molar-refractivity contribution in [3.8, 4) is 0 Å². The van der Waals surface area contributed by atoms with E-state index in [2.05, 4.69) is 31.3 Å². The summed E-state index contributed by atoms with van der Waals surface area (Å²) < 4.78 is 0. The minimum Gasteiger partial charge on any atom is -0.394 e. The zero-order valence-electron chi connectivity index (χ0n) is 29.9. The van der Waals surface area contributed by atoms with E-state index in [4.69, 9.17) is 0 Å². The van der Waals surface area contributed by atoms with Gasteiger partial charge >= 0.3 is 0 Å². The fraction of sp³-hybridized carbons (Fsp3) is 0.925. The largest absolute Gasteiger partial charge is 0.394 e. The summed E-state index contributed by atoms with van der Waals surface area (Å²) in [6, 6.07) is -0.532. The highest BCUT2D eigenvalue weighted by molar-refractivity contribution is 5.76. The fourth-order valence-corrected chi connectivity index (χ4v) is 6.18. The average Bonchev–Trinajstić information content (AvgIpc) is 3.03. The van der Waals surface area contributed by atoms with Gasteiger partial charge in [-0.15, -0.1) is 0 Å². The van der Waals surface area contributed by atoms with E-state index in [0.717, 1.165) is 25.7 Å². The Bertz CT molecular complexity index is 593. The van der Waals surface area contributed by atoms with Crippen LogP contribution in [0.2, 0.25) is 0 Å². The molecule has 3 N–H and O–H groups in total. The van der Waals surface area contributed by atoms with Crippen LogP contribution >= 0.6 is 0 Å². The molecule has 0 saturated carbocycles.